The van der Waals surface area contributed by atoms with Crippen molar-refractivity contribution in [3.05, 3.63) is 38.5 Å². The molecule has 0 saturated carbocycles. The highest BCUT2D eigenvalue weighted by molar-refractivity contribution is 9.11. The minimum Gasteiger partial charge on any atom is -0.496 e. The van der Waals surface area contributed by atoms with Gasteiger partial charge in [-0.3, -0.25) is 0 Å². The van der Waals surface area contributed by atoms with Crippen LogP contribution in [0.25, 0.3) is 0 Å². The van der Waals surface area contributed by atoms with Crippen LogP contribution in [0.3, 0.4) is 0 Å². The first-order valence-corrected chi connectivity index (χ1v) is 6.99. The van der Waals surface area contributed by atoms with Gasteiger partial charge in [0, 0.05) is 34.7 Å². The maximum Gasteiger partial charge on any atom is 0.128 e. The van der Waals surface area contributed by atoms with Crippen molar-refractivity contribution < 1.29 is 9.47 Å². The average molecular weight is 328 g/mol. The molecule has 3 nitrogen and oxygen atoms in total. The van der Waals surface area contributed by atoms with Gasteiger partial charge >= 0.3 is 0 Å². The molecule has 0 amide bonds. The summed E-state index contributed by atoms with van der Waals surface area (Å²) < 4.78 is 11.9. The third kappa shape index (κ3) is 2.79. The largest absolute Gasteiger partial charge is 0.496 e. The van der Waals surface area contributed by atoms with Crippen LogP contribution < -0.4 is 15.2 Å². The lowest BCUT2D eigenvalue weighted by atomic mass is 10.1. The molecule has 5 heteroatoms. The van der Waals surface area contributed by atoms with E-state index in [0.29, 0.717) is 5.69 Å². The Labute approximate surface area is 119 Å². The number of anilines is 1. The molecule has 0 fully saturated rings. The smallest absolute Gasteiger partial charge is 0.128 e. The van der Waals surface area contributed by atoms with Crippen LogP contribution in [-0.2, 0) is 6.42 Å². The highest BCUT2D eigenvalue weighted by atomic mass is 79.9. The standard InChI is InChI=1S/C13H14BrNO2S/c1-16-11-5-8(15)6-12(17-2)10(11)7-9-3-4-13(14)18-9/h3-6H,7,15H2,1-2H3. The second-order valence-electron chi connectivity index (χ2n) is 3.79. The summed E-state index contributed by atoms with van der Waals surface area (Å²) in [6.07, 6.45) is 0.767. The molecule has 0 aliphatic rings. The van der Waals surface area contributed by atoms with Gasteiger partial charge in [-0.2, -0.15) is 0 Å². The molecule has 2 rings (SSSR count). The molecule has 2 N–H and O–H groups in total. The van der Waals surface area contributed by atoms with E-state index in [9.17, 15) is 0 Å². The molecule has 0 aliphatic heterocycles. The number of hydrogen-bond donors (Lipinski definition) is 1. The van der Waals surface area contributed by atoms with Crippen molar-refractivity contribution >= 4 is 33.0 Å². The normalized spacial score (nSPS) is 10.4. The highest BCUT2D eigenvalue weighted by Gasteiger charge is 2.13. The Kier molecular flexibility index (Phi) is 4.14. The number of benzene rings is 1. The number of halogens is 1. The van der Waals surface area contributed by atoms with Gasteiger partial charge < -0.3 is 15.2 Å². The Morgan fingerprint density at radius 3 is 2.22 bits per heavy atom. The third-order valence-electron chi connectivity index (χ3n) is 2.61. The molecule has 96 valence electrons. The lowest BCUT2D eigenvalue weighted by Crippen LogP contribution is -1.99. The van der Waals surface area contributed by atoms with Crippen LogP contribution in [0.5, 0.6) is 11.5 Å². The van der Waals surface area contributed by atoms with E-state index in [0.717, 1.165) is 27.3 Å². The van der Waals surface area contributed by atoms with Gasteiger partial charge in [0.1, 0.15) is 11.5 Å². The molecule has 0 spiro atoms. The van der Waals surface area contributed by atoms with Gasteiger partial charge in [-0.05, 0) is 28.1 Å². The Balaban J connectivity index is 2.41. The molecule has 0 atom stereocenters. The minimum atomic E-state index is 0.639. The maximum absolute atomic E-state index is 5.81. The number of hydrogen-bond acceptors (Lipinski definition) is 4. The summed E-state index contributed by atoms with van der Waals surface area (Å²) in [7, 11) is 3.28. The van der Waals surface area contributed by atoms with Crippen molar-refractivity contribution in [2.45, 2.75) is 6.42 Å². The van der Waals surface area contributed by atoms with E-state index in [1.807, 2.05) is 18.2 Å². The first kappa shape index (κ1) is 13.2. The molecule has 18 heavy (non-hydrogen) atoms. The molecule has 0 saturated heterocycles. The van der Waals surface area contributed by atoms with Crippen LogP contribution in [0.15, 0.2) is 28.1 Å². The fourth-order valence-electron chi connectivity index (χ4n) is 1.80. The number of thiophene rings is 1. The van der Waals surface area contributed by atoms with E-state index in [-0.39, 0.29) is 0 Å². The molecule has 1 heterocycles. The molecule has 0 bridgehead atoms. The summed E-state index contributed by atoms with van der Waals surface area (Å²) in [5.74, 6) is 1.52. The summed E-state index contributed by atoms with van der Waals surface area (Å²) in [6, 6.07) is 7.77. The molecule has 2 aromatic rings. The van der Waals surface area contributed by atoms with Crippen molar-refractivity contribution in [1.29, 1.82) is 0 Å². The fraction of sp³-hybridized carbons (Fsp3) is 0.231. The topological polar surface area (TPSA) is 44.5 Å². The van der Waals surface area contributed by atoms with Crippen molar-refractivity contribution in [3.8, 4) is 11.5 Å². The van der Waals surface area contributed by atoms with E-state index < -0.39 is 0 Å². The van der Waals surface area contributed by atoms with Crippen molar-refractivity contribution in [2.75, 3.05) is 20.0 Å². The molecule has 0 unspecified atom stereocenters. The number of nitrogens with two attached hydrogens (primary N) is 1. The zero-order valence-electron chi connectivity index (χ0n) is 10.2. The number of methoxy groups -OCH3 is 2. The summed E-state index contributed by atoms with van der Waals surface area (Å²) in [5.41, 5.74) is 7.47. The fourth-order valence-corrected chi connectivity index (χ4v) is 3.29. The Bertz CT molecular complexity index is 529. The predicted molar refractivity (Wildman–Crippen MR) is 78.8 cm³/mol. The van der Waals surface area contributed by atoms with E-state index in [4.69, 9.17) is 15.2 Å². The van der Waals surface area contributed by atoms with Crippen LogP contribution in [0.4, 0.5) is 5.69 Å². The van der Waals surface area contributed by atoms with E-state index in [2.05, 4.69) is 22.0 Å². The lowest BCUT2D eigenvalue weighted by molar-refractivity contribution is 0.387. The molecular weight excluding hydrogens is 314 g/mol. The first-order chi connectivity index (χ1) is 8.63. The summed E-state index contributed by atoms with van der Waals surface area (Å²) >= 11 is 5.16. The molecule has 0 radical (unpaired) electrons. The van der Waals surface area contributed by atoms with Crippen molar-refractivity contribution in [1.82, 2.24) is 0 Å². The van der Waals surface area contributed by atoms with E-state index in [1.165, 1.54) is 4.88 Å². The van der Waals surface area contributed by atoms with Crippen molar-refractivity contribution in [2.24, 2.45) is 0 Å². The lowest BCUT2D eigenvalue weighted by Gasteiger charge is -2.13. The van der Waals surface area contributed by atoms with Gasteiger partial charge in [0.25, 0.3) is 0 Å². The monoisotopic (exact) mass is 327 g/mol. The Morgan fingerprint density at radius 1 is 1.17 bits per heavy atom. The average Bonchev–Trinajstić information content (AvgIpc) is 2.76. The second kappa shape index (κ2) is 5.63. The zero-order chi connectivity index (χ0) is 13.1. The van der Waals surface area contributed by atoms with Gasteiger partial charge in [-0.1, -0.05) is 0 Å². The van der Waals surface area contributed by atoms with Crippen LogP contribution in [-0.4, -0.2) is 14.2 Å². The summed E-state index contributed by atoms with van der Waals surface area (Å²) in [6.45, 7) is 0. The summed E-state index contributed by atoms with van der Waals surface area (Å²) in [5, 5.41) is 0. The van der Waals surface area contributed by atoms with Crippen molar-refractivity contribution in [3.63, 3.8) is 0 Å². The van der Waals surface area contributed by atoms with E-state index >= 15 is 0 Å². The van der Waals surface area contributed by atoms with Gasteiger partial charge in [0.2, 0.25) is 0 Å². The first-order valence-electron chi connectivity index (χ1n) is 5.38. The molecule has 1 aromatic carbocycles. The zero-order valence-corrected chi connectivity index (χ0v) is 12.6. The summed E-state index contributed by atoms with van der Waals surface area (Å²) in [4.78, 5) is 1.24. The Morgan fingerprint density at radius 2 is 1.78 bits per heavy atom. The number of rotatable bonds is 4. The van der Waals surface area contributed by atoms with E-state index in [1.54, 1.807) is 25.6 Å². The predicted octanol–water partition coefficient (Wildman–Crippen LogP) is 3.70. The van der Waals surface area contributed by atoms with Crippen LogP contribution in [0.1, 0.15) is 10.4 Å². The van der Waals surface area contributed by atoms with Crippen LogP contribution in [0, 0.1) is 0 Å². The van der Waals surface area contributed by atoms with Crippen LogP contribution in [0.2, 0.25) is 0 Å². The Hall–Kier alpha value is -1.20. The van der Waals surface area contributed by atoms with Gasteiger partial charge in [-0.15, -0.1) is 11.3 Å². The number of ether oxygens (including phenoxy) is 2. The number of nitrogen functional groups attached to an aromatic ring is 1. The minimum absolute atomic E-state index is 0.639. The van der Waals surface area contributed by atoms with Gasteiger partial charge in [0.05, 0.1) is 18.0 Å². The second-order valence-corrected chi connectivity index (χ2v) is 6.33. The van der Waals surface area contributed by atoms with Gasteiger partial charge in [0.15, 0.2) is 0 Å². The SMILES string of the molecule is COc1cc(N)cc(OC)c1Cc1ccc(Br)s1. The third-order valence-corrected chi connectivity index (χ3v) is 4.23. The van der Waals surface area contributed by atoms with Gasteiger partial charge in [-0.25, -0.2) is 0 Å². The highest BCUT2D eigenvalue weighted by Crippen LogP contribution is 2.35. The molecular formula is C13H14BrNO2S. The maximum atomic E-state index is 5.81. The quantitative estimate of drug-likeness (QED) is 0.871. The van der Waals surface area contributed by atoms with Crippen LogP contribution >= 0.6 is 27.3 Å². The molecule has 0 aliphatic carbocycles. The molecule has 1 aromatic heterocycles.